The smallest absolute Gasteiger partial charge is 0.331 e. The number of piperidine rings is 1. The number of aliphatic carboxylic acids is 1. The Morgan fingerprint density at radius 1 is 1.42 bits per heavy atom. The van der Waals surface area contributed by atoms with Gasteiger partial charge in [0.1, 0.15) is 5.01 Å². The lowest BCUT2D eigenvalue weighted by molar-refractivity contribution is -0.151. The maximum atomic E-state index is 12.0. The molecule has 7 heteroatoms. The van der Waals surface area contributed by atoms with Crippen LogP contribution in [0.15, 0.2) is 17.6 Å². The molecular formula is C17H24N4O2S. The molecule has 2 aromatic rings. The number of carbonyl (C=O) groups is 1. The monoisotopic (exact) mass is 348 g/mol. The van der Waals surface area contributed by atoms with Gasteiger partial charge in [-0.25, -0.2) is 9.78 Å². The molecule has 0 atom stereocenters. The van der Waals surface area contributed by atoms with E-state index < -0.39 is 11.5 Å². The summed E-state index contributed by atoms with van der Waals surface area (Å²) < 4.78 is 1.68. The first-order valence-corrected chi connectivity index (χ1v) is 9.21. The van der Waals surface area contributed by atoms with Crippen LogP contribution in [-0.4, -0.2) is 43.8 Å². The number of likely N-dealkylation sites (tertiary alicyclic amines) is 1. The first-order valence-electron chi connectivity index (χ1n) is 8.33. The first kappa shape index (κ1) is 17.1. The van der Waals surface area contributed by atoms with Gasteiger partial charge in [-0.3, -0.25) is 9.58 Å². The SMILES string of the molecule is Cc1csc(CN2CCC(C(=O)O)(n3ccc(C(C)C)n3)CC2)n1. The van der Waals surface area contributed by atoms with E-state index in [1.807, 2.05) is 19.2 Å². The highest BCUT2D eigenvalue weighted by Gasteiger charge is 2.44. The number of hydrogen-bond donors (Lipinski definition) is 1. The molecule has 6 nitrogen and oxygen atoms in total. The summed E-state index contributed by atoms with van der Waals surface area (Å²) in [5.41, 5.74) is 1.06. The van der Waals surface area contributed by atoms with Gasteiger partial charge in [0.2, 0.25) is 0 Å². The molecule has 3 rings (SSSR count). The lowest BCUT2D eigenvalue weighted by atomic mass is 9.87. The van der Waals surface area contributed by atoms with Crippen LogP contribution in [0.25, 0.3) is 0 Å². The van der Waals surface area contributed by atoms with Gasteiger partial charge in [0.05, 0.1) is 12.2 Å². The van der Waals surface area contributed by atoms with Crippen molar-refractivity contribution >= 4 is 17.3 Å². The molecule has 1 fully saturated rings. The highest BCUT2D eigenvalue weighted by atomic mass is 32.1. The number of aromatic nitrogens is 3. The summed E-state index contributed by atoms with van der Waals surface area (Å²) in [5, 5.41) is 17.6. The number of nitrogens with zero attached hydrogens (tertiary/aromatic N) is 4. The molecule has 2 aromatic heterocycles. The number of carboxylic acid groups (broad SMARTS) is 1. The van der Waals surface area contributed by atoms with Gasteiger partial charge in [0.25, 0.3) is 0 Å². The van der Waals surface area contributed by atoms with E-state index >= 15 is 0 Å². The van der Waals surface area contributed by atoms with Crippen molar-refractivity contribution in [1.82, 2.24) is 19.7 Å². The van der Waals surface area contributed by atoms with Crippen LogP contribution in [-0.2, 0) is 16.9 Å². The molecule has 1 N–H and O–H groups in total. The third kappa shape index (κ3) is 3.23. The Morgan fingerprint density at radius 2 is 2.12 bits per heavy atom. The zero-order chi connectivity index (χ0) is 17.3. The normalized spacial score (nSPS) is 18.2. The Morgan fingerprint density at radius 3 is 2.62 bits per heavy atom. The molecule has 130 valence electrons. The van der Waals surface area contributed by atoms with Crippen LogP contribution in [0.3, 0.4) is 0 Å². The van der Waals surface area contributed by atoms with Gasteiger partial charge in [-0.05, 0) is 31.7 Å². The Labute approximate surface area is 146 Å². The van der Waals surface area contributed by atoms with Crippen molar-refractivity contribution in [3.63, 3.8) is 0 Å². The molecule has 1 aliphatic heterocycles. The number of thiazole rings is 1. The third-order valence-corrected chi connectivity index (χ3v) is 5.70. The molecule has 0 saturated carbocycles. The van der Waals surface area contributed by atoms with E-state index in [1.165, 1.54) is 0 Å². The molecule has 1 aliphatic rings. The number of carboxylic acids is 1. The molecule has 1 saturated heterocycles. The summed E-state index contributed by atoms with van der Waals surface area (Å²) in [6.07, 6.45) is 2.95. The average molecular weight is 348 g/mol. The minimum Gasteiger partial charge on any atom is -0.479 e. The number of rotatable bonds is 5. The second-order valence-corrected chi connectivity index (χ2v) is 7.78. The fourth-order valence-corrected chi connectivity index (χ4v) is 3.99. The van der Waals surface area contributed by atoms with Crippen LogP contribution >= 0.6 is 11.3 Å². The third-order valence-electron chi connectivity index (χ3n) is 4.75. The van der Waals surface area contributed by atoms with E-state index in [0.717, 1.165) is 36.0 Å². The zero-order valence-corrected chi connectivity index (χ0v) is 15.2. The molecule has 0 unspecified atom stereocenters. The minimum absolute atomic E-state index is 0.297. The van der Waals surface area contributed by atoms with Gasteiger partial charge >= 0.3 is 5.97 Å². The Kier molecular flexibility index (Phi) is 4.73. The van der Waals surface area contributed by atoms with Crippen LogP contribution in [0, 0.1) is 6.92 Å². The molecule has 0 bridgehead atoms. The van der Waals surface area contributed by atoms with Gasteiger partial charge < -0.3 is 5.11 Å². The standard InChI is InChI=1S/C17H24N4O2S/c1-12(2)14-4-7-21(19-14)17(16(22)23)5-8-20(9-6-17)10-15-18-13(3)11-24-15/h4,7,11-12H,5-6,8-10H2,1-3H3,(H,22,23). The molecule has 0 aliphatic carbocycles. The summed E-state index contributed by atoms with van der Waals surface area (Å²) in [7, 11) is 0. The predicted molar refractivity (Wildman–Crippen MR) is 93.3 cm³/mol. The summed E-state index contributed by atoms with van der Waals surface area (Å²) in [4.78, 5) is 18.8. The maximum Gasteiger partial charge on any atom is 0.331 e. The van der Waals surface area contributed by atoms with Crippen LogP contribution in [0.2, 0.25) is 0 Å². The van der Waals surface area contributed by atoms with Gasteiger partial charge in [0.15, 0.2) is 5.54 Å². The van der Waals surface area contributed by atoms with E-state index in [-0.39, 0.29) is 0 Å². The summed E-state index contributed by atoms with van der Waals surface area (Å²) >= 11 is 1.67. The quantitative estimate of drug-likeness (QED) is 0.899. The average Bonchev–Trinajstić information content (AvgIpc) is 3.17. The van der Waals surface area contributed by atoms with Crippen molar-refractivity contribution in [3.8, 4) is 0 Å². The highest BCUT2D eigenvalue weighted by Crippen LogP contribution is 2.32. The number of hydrogen-bond acceptors (Lipinski definition) is 5. The second-order valence-electron chi connectivity index (χ2n) is 6.84. The zero-order valence-electron chi connectivity index (χ0n) is 14.4. The predicted octanol–water partition coefficient (Wildman–Crippen LogP) is 2.85. The van der Waals surface area contributed by atoms with E-state index in [4.69, 9.17) is 0 Å². The van der Waals surface area contributed by atoms with Gasteiger partial charge in [-0.2, -0.15) is 5.10 Å². The maximum absolute atomic E-state index is 12.0. The fraction of sp³-hybridized carbons (Fsp3) is 0.588. The van der Waals surface area contributed by atoms with Crippen LogP contribution in [0.1, 0.15) is 49.0 Å². The highest BCUT2D eigenvalue weighted by molar-refractivity contribution is 7.09. The van der Waals surface area contributed by atoms with Crippen molar-refractivity contribution in [3.05, 3.63) is 34.0 Å². The van der Waals surface area contributed by atoms with E-state index in [0.29, 0.717) is 18.8 Å². The molecule has 24 heavy (non-hydrogen) atoms. The summed E-state index contributed by atoms with van der Waals surface area (Å²) in [6.45, 7) is 8.40. The molecule has 0 amide bonds. The molecule has 0 radical (unpaired) electrons. The molecule has 0 spiro atoms. The fourth-order valence-electron chi connectivity index (χ4n) is 3.17. The molecule has 0 aromatic carbocycles. The van der Waals surface area contributed by atoms with Crippen molar-refractivity contribution < 1.29 is 9.90 Å². The van der Waals surface area contributed by atoms with Gasteiger partial charge in [-0.15, -0.1) is 11.3 Å². The Bertz CT molecular complexity index is 714. The number of aryl methyl sites for hydroxylation is 1. The Balaban J connectivity index is 1.73. The van der Waals surface area contributed by atoms with Crippen LogP contribution < -0.4 is 0 Å². The molecule has 3 heterocycles. The van der Waals surface area contributed by atoms with Crippen molar-refractivity contribution in [2.24, 2.45) is 0 Å². The topological polar surface area (TPSA) is 71.2 Å². The van der Waals surface area contributed by atoms with Crippen molar-refractivity contribution in [1.29, 1.82) is 0 Å². The summed E-state index contributed by atoms with van der Waals surface area (Å²) in [5.74, 6) is -0.490. The van der Waals surface area contributed by atoms with E-state index in [1.54, 1.807) is 16.0 Å². The summed E-state index contributed by atoms with van der Waals surface area (Å²) in [6, 6.07) is 1.93. The van der Waals surface area contributed by atoms with Gasteiger partial charge in [-0.1, -0.05) is 13.8 Å². The van der Waals surface area contributed by atoms with E-state index in [2.05, 4.69) is 34.2 Å². The first-order chi connectivity index (χ1) is 11.4. The van der Waals surface area contributed by atoms with Crippen LogP contribution in [0.4, 0.5) is 0 Å². The van der Waals surface area contributed by atoms with Gasteiger partial charge in [0, 0.05) is 30.4 Å². The molecular weight excluding hydrogens is 324 g/mol. The van der Waals surface area contributed by atoms with Crippen LogP contribution in [0.5, 0.6) is 0 Å². The lowest BCUT2D eigenvalue weighted by Crippen LogP contribution is -2.51. The second kappa shape index (κ2) is 6.64. The largest absolute Gasteiger partial charge is 0.479 e. The van der Waals surface area contributed by atoms with E-state index in [9.17, 15) is 9.90 Å². The van der Waals surface area contributed by atoms with Crippen molar-refractivity contribution in [2.75, 3.05) is 13.1 Å². The minimum atomic E-state index is -0.928. The van der Waals surface area contributed by atoms with Crippen molar-refractivity contribution in [2.45, 2.75) is 51.6 Å². The Hall–Kier alpha value is -1.73. The lowest BCUT2D eigenvalue weighted by Gasteiger charge is -2.38.